The Hall–Kier alpha value is -4.14. The van der Waals surface area contributed by atoms with Crippen LogP contribution in [0.15, 0.2) is 59.3 Å². The molecule has 0 saturated heterocycles. The number of carbonyl (C=O) groups is 3. The van der Waals surface area contributed by atoms with Gasteiger partial charge in [-0.15, -0.1) is 0 Å². The van der Waals surface area contributed by atoms with E-state index in [1.807, 2.05) is 36.4 Å². The molecule has 1 heterocycles. The first-order chi connectivity index (χ1) is 16.9. The molecular formula is C26H27N3O6. The van der Waals surface area contributed by atoms with Crippen molar-refractivity contribution in [2.75, 3.05) is 13.2 Å². The molecule has 4 rings (SSSR count). The molecule has 0 spiro atoms. The number of ether oxygens (including phenoxy) is 1. The maximum Gasteiger partial charge on any atom is 0.407 e. The first kappa shape index (κ1) is 24.0. The molecular weight excluding hydrogens is 450 g/mol. The minimum atomic E-state index is -0.999. The molecule has 0 fully saturated rings. The molecule has 2 N–H and O–H groups in total. The van der Waals surface area contributed by atoms with Crippen molar-refractivity contribution in [1.29, 1.82) is 0 Å². The Morgan fingerprint density at radius 3 is 2.34 bits per heavy atom. The van der Waals surface area contributed by atoms with Crippen molar-refractivity contribution in [3.05, 3.63) is 77.5 Å². The molecule has 1 unspecified atom stereocenters. The molecule has 35 heavy (non-hydrogen) atoms. The number of benzene rings is 2. The van der Waals surface area contributed by atoms with E-state index in [4.69, 9.17) is 14.3 Å². The Labute approximate surface area is 202 Å². The number of hydrogen-bond acceptors (Lipinski definition) is 6. The van der Waals surface area contributed by atoms with E-state index >= 15 is 0 Å². The van der Waals surface area contributed by atoms with Gasteiger partial charge in [-0.25, -0.2) is 9.78 Å². The summed E-state index contributed by atoms with van der Waals surface area (Å²) in [5.41, 5.74) is 4.53. The Morgan fingerprint density at radius 1 is 1.11 bits per heavy atom. The zero-order chi connectivity index (χ0) is 24.9. The number of oxazole rings is 1. The number of fused-ring (bicyclic) bond motifs is 3. The lowest BCUT2D eigenvalue weighted by atomic mass is 9.98. The van der Waals surface area contributed by atoms with Gasteiger partial charge in [0.1, 0.15) is 6.61 Å². The quantitative estimate of drug-likeness (QED) is 0.477. The Kier molecular flexibility index (Phi) is 7.14. The molecule has 1 aliphatic carbocycles. The van der Waals surface area contributed by atoms with Gasteiger partial charge in [0.2, 0.25) is 0 Å². The Balaban J connectivity index is 1.37. The van der Waals surface area contributed by atoms with Crippen LogP contribution in [0.25, 0.3) is 11.1 Å². The zero-order valence-electron chi connectivity index (χ0n) is 19.6. The number of rotatable bonds is 9. The molecule has 0 saturated carbocycles. The van der Waals surface area contributed by atoms with Crippen LogP contribution in [-0.2, 0) is 16.1 Å². The highest BCUT2D eigenvalue weighted by Gasteiger charge is 2.30. The molecule has 3 aromatic rings. The molecule has 2 amide bonds. The summed E-state index contributed by atoms with van der Waals surface area (Å²) in [6, 6.07) is 15.6. The monoisotopic (exact) mass is 477 g/mol. The van der Waals surface area contributed by atoms with E-state index in [2.05, 4.69) is 22.4 Å². The lowest BCUT2D eigenvalue weighted by Crippen LogP contribution is -2.40. The molecule has 9 nitrogen and oxygen atoms in total. The molecule has 1 aliphatic rings. The second kappa shape index (κ2) is 10.4. The largest absolute Gasteiger partial charge is 0.481 e. The lowest BCUT2D eigenvalue weighted by Gasteiger charge is -2.26. The van der Waals surface area contributed by atoms with Gasteiger partial charge in [-0.05, 0) is 36.1 Å². The van der Waals surface area contributed by atoms with Crippen molar-refractivity contribution in [1.82, 2.24) is 15.2 Å². The van der Waals surface area contributed by atoms with E-state index in [-0.39, 0.29) is 36.9 Å². The van der Waals surface area contributed by atoms with Gasteiger partial charge in [0.25, 0.3) is 5.91 Å². The molecule has 2 aromatic carbocycles. The van der Waals surface area contributed by atoms with Crippen molar-refractivity contribution in [2.24, 2.45) is 0 Å². The van der Waals surface area contributed by atoms with Gasteiger partial charge >= 0.3 is 12.1 Å². The van der Waals surface area contributed by atoms with E-state index < -0.39 is 24.0 Å². The summed E-state index contributed by atoms with van der Waals surface area (Å²) in [5.74, 6) is -1.35. The van der Waals surface area contributed by atoms with Gasteiger partial charge in [-0.2, -0.15) is 0 Å². The van der Waals surface area contributed by atoms with Gasteiger partial charge in [0, 0.05) is 18.5 Å². The van der Waals surface area contributed by atoms with Gasteiger partial charge in [0.15, 0.2) is 17.8 Å². The van der Waals surface area contributed by atoms with Crippen LogP contribution in [0.4, 0.5) is 4.79 Å². The molecule has 1 atom stereocenters. The van der Waals surface area contributed by atoms with E-state index in [0.29, 0.717) is 6.54 Å². The fourth-order valence-electron chi connectivity index (χ4n) is 4.53. The topological polar surface area (TPSA) is 122 Å². The van der Waals surface area contributed by atoms with Crippen LogP contribution >= 0.6 is 0 Å². The number of aromatic nitrogens is 1. The van der Waals surface area contributed by atoms with Crippen molar-refractivity contribution >= 4 is 18.0 Å². The number of aliphatic carboxylic acids is 1. The highest BCUT2D eigenvalue weighted by Crippen LogP contribution is 2.44. The van der Waals surface area contributed by atoms with Gasteiger partial charge in [-0.1, -0.05) is 48.5 Å². The van der Waals surface area contributed by atoms with Crippen LogP contribution in [-0.4, -0.2) is 52.2 Å². The molecule has 182 valence electrons. The standard InChI is InChI=1S/C26H27N3O6/c1-3-29(16(2)12-23(30)31)25(32)24-22(35-15-28-24)13-27-26(33)34-14-21-19-10-6-4-8-17(19)18-9-5-7-11-20(18)21/h4-11,15-16,21H,3,12-14H2,1-2H3,(H,27,33)(H,30,31). The summed E-state index contributed by atoms with van der Waals surface area (Å²) in [7, 11) is 0. The van der Waals surface area contributed by atoms with Crippen LogP contribution in [0, 0.1) is 0 Å². The summed E-state index contributed by atoms with van der Waals surface area (Å²) >= 11 is 0. The number of hydrogen-bond donors (Lipinski definition) is 2. The molecule has 1 aromatic heterocycles. The van der Waals surface area contributed by atoms with Gasteiger partial charge in [-0.3, -0.25) is 9.59 Å². The average molecular weight is 478 g/mol. The summed E-state index contributed by atoms with van der Waals surface area (Å²) in [4.78, 5) is 41.8. The third-order valence-corrected chi connectivity index (χ3v) is 6.18. The number of carboxylic acid groups (broad SMARTS) is 1. The second-order valence-electron chi connectivity index (χ2n) is 8.34. The van der Waals surface area contributed by atoms with Crippen LogP contribution in [0.3, 0.4) is 0 Å². The predicted molar refractivity (Wildman–Crippen MR) is 127 cm³/mol. The van der Waals surface area contributed by atoms with Crippen molar-refractivity contribution in [3.8, 4) is 11.1 Å². The number of nitrogens with zero attached hydrogens (tertiary/aromatic N) is 2. The lowest BCUT2D eigenvalue weighted by molar-refractivity contribution is -0.138. The number of carboxylic acids is 1. The van der Waals surface area contributed by atoms with E-state index in [1.54, 1.807) is 13.8 Å². The zero-order valence-corrected chi connectivity index (χ0v) is 19.6. The first-order valence-corrected chi connectivity index (χ1v) is 11.4. The molecule has 9 heteroatoms. The predicted octanol–water partition coefficient (Wildman–Crippen LogP) is 4.04. The molecule has 0 radical (unpaired) electrons. The fraction of sp³-hybridized carbons (Fsp3) is 0.308. The van der Waals surface area contributed by atoms with Crippen LogP contribution in [0.5, 0.6) is 0 Å². The third-order valence-electron chi connectivity index (χ3n) is 6.18. The Bertz CT molecular complexity index is 1190. The third kappa shape index (κ3) is 5.03. The smallest absolute Gasteiger partial charge is 0.407 e. The number of carbonyl (C=O) groups excluding carboxylic acids is 2. The van der Waals surface area contributed by atoms with E-state index in [0.717, 1.165) is 28.6 Å². The van der Waals surface area contributed by atoms with Crippen LogP contribution in [0.1, 0.15) is 53.6 Å². The highest BCUT2D eigenvalue weighted by atomic mass is 16.5. The highest BCUT2D eigenvalue weighted by molar-refractivity contribution is 5.93. The summed E-state index contributed by atoms with van der Waals surface area (Å²) < 4.78 is 10.8. The minimum Gasteiger partial charge on any atom is -0.481 e. The normalized spacial score (nSPS) is 13.0. The van der Waals surface area contributed by atoms with Crippen LogP contribution in [0.2, 0.25) is 0 Å². The van der Waals surface area contributed by atoms with E-state index in [1.165, 1.54) is 4.90 Å². The van der Waals surface area contributed by atoms with Crippen molar-refractivity contribution < 1.29 is 28.6 Å². The van der Waals surface area contributed by atoms with Crippen molar-refractivity contribution in [3.63, 3.8) is 0 Å². The summed E-state index contributed by atoms with van der Waals surface area (Å²) in [6.07, 6.45) is 0.288. The maximum atomic E-state index is 12.9. The first-order valence-electron chi connectivity index (χ1n) is 11.4. The fourth-order valence-corrected chi connectivity index (χ4v) is 4.53. The molecule has 0 bridgehead atoms. The Morgan fingerprint density at radius 2 is 1.74 bits per heavy atom. The SMILES string of the molecule is CCN(C(=O)c1ncoc1CNC(=O)OCC1c2ccccc2-c2ccccc21)C(C)CC(=O)O. The van der Waals surface area contributed by atoms with Crippen molar-refractivity contribution in [2.45, 2.75) is 38.8 Å². The summed E-state index contributed by atoms with van der Waals surface area (Å²) in [6.45, 7) is 3.79. The number of nitrogens with one attached hydrogen (secondary N) is 1. The minimum absolute atomic E-state index is 0.0306. The molecule has 0 aliphatic heterocycles. The average Bonchev–Trinajstić information content (AvgIpc) is 3.44. The van der Waals surface area contributed by atoms with E-state index in [9.17, 15) is 14.4 Å². The maximum absolute atomic E-state index is 12.9. The second-order valence-corrected chi connectivity index (χ2v) is 8.34. The van der Waals surface area contributed by atoms with Gasteiger partial charge in [0.05, 0.1) is 13.0 Å². The van der Waals surface area contributed by atoms with Crippen LogP contribution < -0.4 is 5.32 Å². The number of amides is 2. The number of alkyl carbamates (subject to hydrolysis) is 1. The van der Waals surface area contributed by atoms with Gasteiger partial charge < -0.3 is 24.5 Å². The summed E-state index contributed by atoms with van der Waals surface area (Å²) in [5, 5.41) is 11.7.